The van der Waals surface area contributed by atoms with Crippen LogP contribution in [-0.4, -0.2) is 43.1 Å². The van der Waals surface area contributed by atoms with Crippen LogP contribution in [0.2, 0.25) is 5.02 Å². The van der Waals surface area contributed by atoms with Gasteiger partial charge in [0.15, 0.2) is 5.96 Å². The zero-order valence-corrected chi connectivity index (χ0v) is 17.9. The molecule has 4 nitrogen and oxygen atoms in total. The normalized spacial score (nSPS) is 11.8. The molecule has 23 heavy (non-hydrogen) atoms. The van der Waals surface area contributed by atoms with Gasteiger partial charge in [-0.25, -0.2) is 0 Å². The van der Waals surface area contributed by atoms with Gasteiger partial charge in [0.1, 0.15) is 0 Å². The molecule has 0 aliphatic carbocycles. The van der Waals surface area contributed by atoms with Crippen molar-refractivity contribution in [2.75, 3.05) is 20.1 Å². The molecule has 0 fully saturated rings. The van der Waals surface area contributed by atoms with Gasteiger partial charge in [-0.15, -0.1) is 24.0 Å². The maximum absolute atomic E-state index is 5.99. The van der Waals surface area contributed by atoms with Gasteiger partial charge in [-0.3, -0.25) is 9.89 Å². The zero-order chi connectivity index (χ0) is 16.5. The summed E-state index contributed by atoms with van der Waals surface area (Å²) in [4.78, 5) is 6.71. The van der Waals surface area contributed by atoms with Crippen molar-refractivity contribution in [3.05, 3.63) is 34.9 Å². The third kappa shape index (κ3) is 8.77. The molecule has 0 atom stereocenters. The van der Waals surface area contributed by atoms with Crippen LogP contribution in [0.25, 0.3) is 0 Å². The topological polar surface area (TPSA) is 39.7 Å². The molecule has 2 N–H and O–H groups in total. The molecule has 0 unspecified atom stereocenters. The summed E-state index contributed by atoms with van der Waals surface area (Å²) in [6, 6.07) is 8.93. The Morgan fingerprint density at radius 3 is 2.35 bits per heavy atom. The molecule has 0 heterocycles. The van der Waals surface area contributed by atoms with E-state index in [-0.39, 0.29) is 24.0 Å². The van der Waals surface area contributed by atoms with Gasteiger partial charge in [-0.05, 0) is 45.4 Å². The van der Waals surface area contributed by atoms with E-state index in [1.165, 1.54) is 0 Å². The van der Waals surface area contributed by atoms with Crippen molar-refractivity contribution in [3.8, 4) is 0 Å². The van der Waals surface area contributed by atoms with E-state index in [0.717, 1.165) is 29.6 Å². The van der Waals surface area contributed by atoms with E-state index in [2.05, 4.69) is 48.2 Å². The fraction of sp³-hybridized carbons (Fsp3) is 0.588. The Labute approximate surface area is 163 Å². The second-order valence-corrected chi connectivity index (χ2v) is 6.34. The van der Waals surface area contributed by atoms with E-state index in [4.69, 9.17) is 11.6 Å². The van der Waals surface area contributed by atoms with Gasteiger partial charge in [0.05, 0.1) is 0 Å². The van der Waals surface area contributed by atoms with E-state index in [1.54, 1.807) is 7.05 Å². The van der Waals surface area contributed by atoms with Crippen molar-refractivity contribution in [1.29, 1.82) is 0 Å². The SMILES string of the molecule is CN=C(NCCN(C(C)C)C(C)C)NCc1cccc(Cl)c1.I. The van der Waals surface area contributed by atoms with Crippen molar-refractivity contribution in [2.45, 2.75) is 46.3 Å². The summed E-state index contributed by atoms with van der Waals surface area (Å²) in [6.07, 6.45) is 0. The van der Waals surface area contributed by atoms with E-state index >= 15 is 0 Å². The van der Waals surface area contributed by atoms with E-state index in [0.29, 0.717) is 18.6 Å². The second-order valence-electron chi connectivity index (χ2n) is 5.91. The molecule has 0 radical (unpaired) electrons. The average Bonchev–Trinajstić information content (AvgIpc) is 2.45. The molecule has 0 bridgehead atoms. The monoisotopic (exact) mass is 452 g/mol. The number of benzene rings is 1. The lowest BCUT2D eigenvalue weighted by Crippen LogP contribution is -2.45. The van der Waals surface area contributed by atoms with Crippen LogP contribution in [0.3, 0.4) is 0 Å². The van der Waals surface area contributed by atoms with Gasteiger partial charge in [0, 0.05) is 43.8 Å². The highest BCUT2D eigenvalue weighted by Gasteiger charge is 2.12. The third-order valence-corrected chi connectivity index (χ3v) is 3.80. The van der Waals surface area contributed by atoms with Crippen molar-refractivity contribution in [1.82, 2.24) is 15.5 Å². The molecule has 1 rings (SSSR count). The molecule has 0 spiro atoms. The maximum atomic E-state index is 5.99. The van der Waals surface area contributed by atoms with Crippen LogP contribution in [0.15, 0.2) is 29.3 Å². The molecule has 0 saturated heterocycles. The first-order valence-electron chi connectivity index (χ1n) is 7.88. The molecule has 132 valence electrons. The number of nitrogens with one attached hydrogen (secondary N) is 2. The molecule has 1 aromatic carbocycles. The lowest BCUT2D eigenvalue weighted by molar-refractivity contribution is 0.178. The zero-order valence-electron chi connectivity index (χ0n) is 14.8. The minimum absolute atomic E-state index is 0. The van der Waals surface area contributed by atoms with Crippen LogP contribution >= 0.6 is 35.6 Å². The second kappa shape index (κ2) is 11.9. The molecular formula is C17H30ClIN4. The van der Waals surface area contributed by atoms with Crippen molar-refractivity contribution in [2.24, 2.45) is 4.99 Å². The predicted molar refractivity (Wildman–Crippen MR) is 112 cm³/mol. The Kier molecular flexibility index (Phi) is 11.6. The molecular weight excluding hydrogens is 423 g/mol. The summed E-state index contributed by atoms with van der Waals surface area (Å²) in [5.41, 5.74) is 1.14. The number of aliphatic imine (C=N–C) groups is 1. The Bertz CT molecular complexity index is 469. The molecule has 0 amide bonds. The maximum Gasteiger partial charge on any atom is 0.191 e. The van der Waals surface area contributed by atoms with Crippen LogP contribution < -0.4 is 10.6 Å². The quantitative estimate of drug-likeness (QED) is 0.376. The fourth-order valence-corrected chi connectivity index (χ4v) is 2.68. The summed E-state index contributed by atoms with van der Waals surface area (Å²) in [7, 11) is 1.79. The predicted octanol–water partition coefficient (Wildman–Crippen LogP) is 3.74. The standard InChI is InChI=1S/C17H29ClN4.HI/c1-13(2)22(14(3)4)10-9-20-17(19-5)21-12-15-7-6-8-16(18)11-15;/h6-8,11,13-14H,9-10,12H2,1-5H3,(H2,19,20,21);1H. The highest BCUT2D eigenvalue weighted by atomic mass is 127. The molecule has 0 aliphatic rings. The molecule has 0 aliphatic heterocycles. The van der Waals surface area contributed by atoms with Gasteiger partial charge in [-0.2, -0.15) is 0 Å². The molecule has 1 aromatic rings. The summed E-state index contributed by atoms with van der Waals surface area (Å²) >= 11 is 5.99. The van der Waals surface area contributed by atoms with Crippen LogP contribution in [0.4, 0.5) is 0 Å². The third-order valence-electron chi connectivity index (χ3n) is 3.56. The summed E-state index contributed by atoms with van der Waals surface area (Å²) < 4.78 is 0. The molecule has 6 heteroatoms. The van der Waals surface area contributed by atoms with Crippen molar-refractivity contribution in [3.63, 3.8) is 0 Å². The largest absolute Gasteiger partial charge is 0.355 e. The van der Waals surface area contributed by atoms with Crippen LogP contribution in [0.5, 0.6) is 0 Å². The minimum atomic E-state index is 0. The Hall–Kier alpha value is -0.530. The van der Waals surface area contributed by atoms with Crippen LogP contribution in [0, 0.1) is 0 Å². The lowest BCUT2D eigenvalue weighted by atomic mass is 10.2. The van der Waals surface area contributed by atoms with E-state index in [1.807, 2.05) is 24.3 Å². The van der Waals surface area contributed by atoms with Gasteiger partial charge in [-0.1, -0.05) is 23.7 Å². The Morgan fingerprint density at radius 2 is 1.83 bits per heavy atom. The van der Waals surface area contributed by atoms with Gasteiger partial charge >= 0.3 is 0 Å². The number of nitrogens with zero attached hydrogens (tertiary/aromatic N) is 2. The number of guanidine groups is 1. The van der Waals surface area contributed by atoms with Crippen LogP contribution in [-0.2, 0) is 6.54 Å². The van der Waals surface area contributed by atoms with Gasteiger partial charge < -0.3 is 10.6 Å². The average molecular weight is 453 g/mol. The number of halogens is 2. The first-order chi connectivity index (χ1) is 10.4. The fourth-order valence-electron chi connectivity index (χ4n) is 2.47. The van der Waals surface area contributed by atoms with Crippen molar-refractivity contribution >= 4 is 41.5 Å². The molecule has 0 aromatic heterocycles. The summed E-state index contributed by atoms with van der Waals surface area (Å²) in [5.74, 6) is 0.812. The number of rotatable bonds is 7. The minimum Gasteiger partial charge on any atom is -0.355 e. The van der Waals surface area contributed by atoms with E-state index < -0.39 is 0 Å². The first-order valence-corrected chi connectivity index (χ1v) is 8.26. The van der Waals surface area contributed by atoms with E-state index in [9.17, 15) is 0 Å². The van der Waals surface area contributed by atoms with Gasteiger partial charge in [0.25, 0.3) is 0 Å². The number of hydrogen-bond donors (Lipinski definition) is 2. The lowest BCUT2D eigenvalue weighted by Gasteiger charge is -2.30. The smallest absolute Gasteiger partial charge is 0.191 e. The molecule has 0 saturated carbocycles. The highest BCUT2D eigenvalue weighted by molar-refractivity contribution is 14.0. The van der Waals surface area contributed by atoms with Crippen molar-refractivity contribution < 1.29 is 0 Å². The number of hydrogen-bond acceptors (Lipinski definition) is 2. The summed E-state index contributed by atoms with van der Waals surface area (Å²) in [6.45, 7) is 11.5. The van der Waals surface area contributed by atoms with Gasteiger partial charge in [0.2, 0.25) is 0 Å². The highest BCUT2D eigenvalue weighted by Crippen LogP contribution is 2.10. The Morgan fingerprint density at radius 1 is 1.17 bits per heavy atom. The van der Waals surface area contributed by atoms with Crippen LogP contribution in [0.1, 0.15) is 33.3 Å². The first kappa shape index (κ1) is 22.5. The summed E-state index contributed by atoms with van der Waals surface area (Å²) in [5, 5.41) is 7.42. The Balaban J connectivity index is 0.00000484.